The average molecular weight is 416 g/mol. The Morgan fingerprint density at radius 3 is 2.43 bits per heavy atom. The quantitative estimate of drug-likeness (QED) is 0.401. The molecule has 4 aromatic rings. The zero-order valence-electron chi connectivity index (χ0n) is 16.8. The third-order valence-electron chi connectivity index (χ3n) is 4.93. The minimum atomic E-state index is -0.163. The van der Waals surface area contributed by atoms with Crippen LogP contribution in [0.25, 0.3) is 10.2 Å². The lowest BCUT2D eigenvalue weighted by molar-refractivity contribution is 0.0981. The van der Waals surface area contributed by atoms with Crippen molar-refractivity contribution in [3.8, 4) is 0 Å². The van der Waals surface area contributed by atoms with Gasteiger partial charge in [0.1, 0.15) is 0 Å². The van der Waals surface area contributed by atoms with Crippen molar-refractivity contribution in [2.24, 2.45) is 0 Å². The number of carbonyl (C=O) groups excluding carboxylic acids is 2. The van der Waals surface area contributed by atoms with Crippen molar-refractivity contribution in [3.63, 3.8) is 0 Å². The van der Waals surface area contributed by atoms with E-state index in [-0.39, 0.29) is 11.7 Å². The standard InChI is InChI=1S/C24H21N3O2S/c1-3-17-6-11-21-22(13-17)30-24(26-21)27(15-18-5-4-12-25-14-18)23(29)20-9-7-19(8-10-20)16(2)28/h4-14H,3,15H2,1-2H3. The number of hydrogen-bond donors (Lipinski definition) is 0. The number of rotatable bonds is 6. The SMILES string of the molecule is CCc1ccc2nc(N(Cc3cccnc3)C(=O)c3ccc(C(C)=O)cc3)sc2c1. The van der Waals surface area contributed by atoms with Gasteiger partial charge in [-0.05, 0) is 54.8 Å². The summed E-state index contributed by atoms with van der Waals surface area (Å²) in [6.45, 7) is 3.99. The third-order valence-corrected chi connectivity index (χ3v) is 5.97. The minimum Gasteiger partial charge on any atom is -0.295 e. The molecule has 0 aliphatic heterocycles. The van der Waals surface area contributed by atoms with E-state index in [0.717, 1.165) is 22.2 Å². The van der Waals surface area contributed by atoms with E-state index < -0.39 is 0 Å². The fourth-order valence-corrected chi connectivity index (χ4v) is 4.22. The number of aromatic nitrogens is 2. The van der Waals surface area contributed by atoms with Gasteiger partial charge in [0.15, 0.2) is 10.9 Å². The fourth-order valence-electron chi connectivity index (χ4n) is 3.20. The van der Waals surface area contributed by atoms with Gasteiger partial charge in [0.05, 0.1) is 16.8 Å². The zero-order valence-corrected chi connectivity index (χ0v) is 17.6. The lowest BCUT2D eigenvalue weighted by atomic mass is 10.1. The maximum Gasteiger partial charge on any atom is 0.260 e. The molecule has 0 saturated carbocycles. The topological polar surface area (TPSA) is 63.2 Å². The number of amides is 1. The van der Waals surface area contributed by atoms with Crippen molar-refractivity contribution in [1.29, 1.82) is 0 Å². The lowest BCUT2D eigenvalue weighted by Gasteiger charge is -2.20. The summed E-state index contributed by atoms with van der Waals surface area (Å²) < 4.78 is 1.06. The van der Waals surface area contributed by atoms with Crippen LogP contribution in [0.4, 0.5) is 5.13 Å². The number of Topliss-reactive ketones (excluding diaryl/α,β-unsaturated/α-hetero) is 1. The van der Waals surface area contributed by atoms with E-state index in [4.69, 9.17) is 4.98 Å². The molecule has 1 amide bonds. The van der Waals surface area contributed by atoms with Crippen LogP contribution in [-0.2, 0) is 13.0 Å². The second kappa shape index (κ2) is 8.55. The average Bonchev–Trinajstić information content (AvgIpc) is 3.20. The highest BCUT2D eigenvalue weighted by molar-refractivity contribution is 7.22. The van der Waals surface area contributed by atoms with Crippen LogP contribution in [0.5, 0.6) is 0 Å². The van der Waals surface area contributed by atoms with Crippen molar-refractivity contribution < 1.29 is 9.59 Å². The van der Waals surface area contributed by atoms with E-state index in [0.29, 0.717) is 22.8 Å². The van der Waals surface area contributed by atoms with Gasteiger partial charge in [-0.15, -0.1) is 0 Å². The molecular formula is C24H21N3O2S. The zero-order chi connectivity index (χ0) is 21.1. The summed E-state index contributed by atoms with van der Waals surface area (Å²) in [6.07, 6.45) is 4.41. The minimum absolute atomic E-state index is 0.0286. The first kappa shape index (κ1) is 19.9. The molecule has 30 heavy (non-hydrogen) atoms. The third kappa shape index (κ3) is 4.14. The molecule has 0 radical (unpaired) electrons. The molecule has 6 heteroatoms. The molecule has 5 nitrogen and oxygen atoms in total. The van der Waals surface area contributed by atoms with E-state index in [2.05, 4.69) is 24.0 Å². The molecule has 0 unspecified atom stereocenters. The number of aryl methyl sites for hydroxylation is 1. The summed E-state index contributed by atoms with van der Waals surface area (Å²) in [7, 11) is 0. The maximum atomic E-state index is 13.4. The monoisotopic (exact) mass is 415 g/mol. The highest BCUT2D eigenvalue weighted by Gasteiger charge is 2.22. The molecule has 2 heterocycles. The van der Waals surface area contributed by atoms with E-state index in [1.54, 1.807) is 41.6 Å². The Morgan fingerprint density at radius 1 is 1.00 bits per heavy atom. The first-order valence-corrected chi connectivity index (χ1v) is 10.6. The number of benzene rings is 2. The van der Waals surface area contributed by atoms with Crippen LogP contribution in [-0.4, -0.2) is 21.7 Å². The molecule has 0 aliphatic rings. The van der Waals surface area contributed by atoms with Gasteiger partial charge in [0, 0.05) is 23.5 Å². The van der Waals surface area contributed by atoms with Gasteiger partial charge in [-0.25, -0.2) is 4.98 Å². The summed E-state index contributed by atoms with van der Waals surface area (Å²) in [6, 6.07) is 16.7. The Morgan fingerprint density at radius 2 is 1.77 bits per heavy atom. The van der Waals surface area contributed by atoms with Crippen LogP contribution < -0.4 is 4.90 Å². The van der Waals surface area contributed by atoms with Crippen LogP contribution in [0.2, 0.25) is 0 Å². The molecule has 150 valence electrons. The predicted octanol–water partition coefficient (Wildman–Crippen LogP) is 5.30. The molecule has 0 bridgehead atoms. The number of anilines is 1. The lowest BCUT2D eigenvalue weighted by Crippen LogP contribution is -2.30. The van der Waals surface area contributed by atoms with E-state index in [9.17, 15) is 9.59 Å². The molecule has 0 spiro atoms. The number of ketones is 1. The number of hydrogen-bond acceptors (Lipinski definition) is 5. The van der Waals surface area contributed by atoms with E-state index >= 15 is 0 Å². The molecule has 2 aromatic heterocycles. The van der Waals surface area contributed by atoms with E-state index in [1.165, 1.54) is 23.8 Å². The molecule has 0 aliphatic carbocycles. The first-order valence-electron chi connectivity index (χ1n) is 9.76. The Balaban J connectivity index is 1.74. The van der Waals surface area contributed by atoms with Crippen LogP contribution in [0.3, 0.4) is 0 Å². The molecule has 0 N–H and O–H groups in total. The normalized spacial score (nSPS) is 10.9. The molecule has 2 aromatic carbocycles. The van der Waals surface area contributed by atoms with Crippen molar-refractivity contribution in [3.05, 3.63) is 89.2 Å². The highest BCUT2D eigenvalue weighted by atomic mass is 32.1. The molecule has 4 rings (SSSR count). The van der Waals surface area contributed by atoms with Gasteiger partial charge in [0.25, 0.3) is 5.91 Å². The summed E-state index contributed by atoms with van der Waals surface area (Å²) in [5.74, 6) is -0.192. The summed E-state index contributed by atoms with van der Waals surface area (Å²) in [5, 5.41) is 0.641. The van der Waals surface area contributed by atoms with E-state index in [1.807, 2.05) is 18.2 Å². The largest absolute Gasteiger partial charge is 0.295 e. The first-order chi connectivity index (χ1) is 14.5. The second-order valence-electron chi connectivity index (χ2n) is 7.04. The van der Waals surface area contributed by atoms with Gasteiger partial charge in [-0.3, -0.25) is 19.5 Å². The van der Waals surface area contributed by atoms with Crippen molar-refractivity contribution >= 4 is 38.4 Å². The Kier molecular flexibility index (Phi) is 5.68. The number of pyridine rings is 1. The van der Waals surface area contributed by atoms with Crippen molar-refractivity contribution in [1.82, 2.24) is 9.97 Å². The van der Waals surface area contributed by atoms with Gasteiger partial charge < -0.3 is 0 Å². The number of fused-ring (bicyclic) bond motifs is 1. The van der Waals surface area contributed by atoms with Crippen molar-refractivity contribution in [2.45, 2.75) is 26.8 Å². The van der Waals surface area contributed by atoms with Crippen LogP contribution in [0.15, 0.2) is 67.0 Å². The van der Waals surface area contributed by atoms with Crippen LogP contribution >= 0.6 is 11.3 Å². The fraction of sp³-hybridized carbons (Fsp3) is 0.167. The summed E-state index contributed by atoms with van der Waals surface area (Å²) in [4.78, 5) is 35.6. The van der Waals surface area contributed by atoms with Crippen LogP contribution in [0, 0.1) is 0 Å². The highest BCUT2D eigenvalue weighted by Crippen LogP contribution is 2.31. The molecule has 0 atom stereocenters. The summed E-state index contributed by atoms with van der Waals surface area (Å²) >= 11 is 1.50. The van der Waals surface area contributed by atoms with Gasteiger partial charge in [-0.1, -0.05) is 42.5 Å². The van der Waals surface area contributed by atoms with Crippen LogP contribution in [0.1, 0.15) is 45.7 Å². The van der Waals surface area contributed by atoms with Gasteiger partial charge >= 0.3 is 0 Å². The number of carbonyl (C=O) groups is 2. The Hall–Kier alpha value is -3.38. The number of thiazole rings is 1. The predicted molar refractivity (Wildman–Crippen MR) is 120 cm³/mol. The number of nitrogens with zero attached hydrogens (tertiary/aromatic N) is 3. The Bertz CT molecular complexity index is 1200. The van der Waals surface area contributed by atoms with Gasteiger partial charge in [0.2, 0.25) is 0 Å². The summed E-state index contributed by atoms with van der Waals surface area (Å²) in [5.41, 5.74) is 4.13. The molecule has 0 saturated heterocycles. The smallest absolute Gasteiger partial charge is 0.260 e. The molecule has 0 fully saturated rings. The second-order valence-corrected chi connectivity index (χ2v) is 8.05. The van der Waals surface area contributed by atoms with Gasteiger partial charge in [-0.2, -0.15) is 0 Å². The maximum absolute atomic E-state index is 13.4. The molecular weight excluding hydrogens is 394 g/mol. The van der Waals surface area contributed by atoms with Crippen molar-refractivity contribution in [2.75, 3.05) is 4.90 Å². The Labute approximate surface area is 179 Å².